The second-order valence-electron chi connectivity index (χ2n) is 4.93. The molecule has 0 fully saturated rings. The Balaban J connectivity index is 1.97. The lowest BCUT2D eigenvalue weighted by atomic mass is 10.2. The van der Waals surface area contributed by atoms with Crippen molar-refractivity contribution >= 4 is 23.2 Å². The van der Waals surface area contributed by atoms with Gasteiger partial charge in [-0.3, -0.25) is 14.0 Å². The zero-order chi connectivity index (χ0) is 16.4. The fourth-order valence-corrected chi connectivity index (χ4v) is 2.39. The molecule has 2 heterocycles. The largest absolute Gasteiger partial charge is 0.317 e. The molecule has 0 atom stereocenters. The van der Waals surface area contributed by atoms with Gasteiger partial charge in [0.2, 0.25) is 0 Å². The van der Waals surface area contributed by atoms with Crippen LogP contribution in [0.1, 0.15) is 23.0 Å². The summed E-state index contributed by atoms with van der Waals surface area (Å²) in [5.74, 6) is 0.353. The van der Waals surface area contributed by atoms with E-state index in [0.717, 1.165) is 5.69 Å². The lowest BCUT2D eigenvalue weighted by Gasteiger charge is -2.07. The number of halogens is 1. The molecular weight excluding hydrogens is 316 g/mol. The molecule has 0 unspecified atom stereocenters. The summed E-state index contributed by atoms with van der Waals surface area (Å²) in [5, 5.41) is 15.6. The van der Waals surface area contributed by atoms with E-state index in [-0.39, 0.29) is 5.91 Å². The van der Waals surface area contributed by atoms with Crippen molar-refractivity contribution in [2.75, 3.05) is 5.32 Å². The molecule has 7 nitrogen and oxygen atoms in total. The van der Waals surface area contributed by atoms with Crippen LogP contribution in [-0.4, -0.2) is 30.5 Å². The van der Waals surface area contributed by atoms with Crippen LogP contribution in [0.3, 0.4) is 0 Å². The molecule has 3 rings (SSSR count). The molecule has 0 radical (unpaired) electrons. The Morgan fingerprint density at radius 3 is 2.48 bits per heavy atom. The number of hydrogen-bond donors (Lipinski definition) is 1. The molecule has 118 valence electrons. The lowest BCUT2D eigenvalue weighted by Crippen LogP contribution is -2.13. The number of rotatable bonds is 4. The van der Waals surface area contributed by atoms with Crippen molar-refractivity contribution in [3.05, 3.63) is 53.2 Å². The SMILES string of the molecule is CCn1nc(-n2cnnc2)c(NC(=O)c2ccc(Cl)cc2)c1C. The predicted octanol–water partition coefficient (Wildman–Crippen LogP) is 2.70. The summed E-state index contributed by atoms with van der Waals surface area (Å²) < 4.78 is 3.48. The number of benzene rings is 1. The number of hydrogen-bond acceptors (Lipinski definition) is 4. The van der Waals surface area contributed by atoms with E-state index in [9.17, 15) is 4.79 Å². The van der Waals surface area contributed by atoms with Crippen LogP contribution >= 0.6 is 11.6 Å². The van der Waals surface area contributed by atoms with Crippen LogP contribution in [0.15, 0.2) is 36.9 Å². The first-order valence-corrected chi connectivity index (χ1v) is 7.47. The molecule has 23 heavy (non-hydrogen) atoms. The van der Waals surface area contributed by atoms with Crippen LogP contribution in [0.2, 0.25) is 5.02 Å². The van der Waals surface area contributed by atoms with Gasteiger partial charge < -0.3 is 5.32 Å². The van der Waals surface area contributed by atoms with Gasteiger partial charge in [0.15, 0.2) is 5.82 Å². The van der Waals surface area contributed by atoms with E-state index < -0.39 is 0 Å². The van der Waals surface area contributed by atoms with Crippen molar-refractivity contribution < 1.29 is 4.79 Å². The predicted molar refractivity (Wildman–Crippen MR) is 87.0 cm³/mol. The summed E-state index contributed by atoms with van der Waals surface area (Å²) in [7, 11) is 0. The van der Waals surface area contributed by atoms with Crippen LogP contribution in [0.25, 0.3) is 5.82 Å². The number of nitrogens with one attached hydrogen (secondary N) is 1. The zero-order valence-electron chi connectivity index (χ0n) is 12.7. The summed E-state index contributed by atoms with van der Waals surface area (Å²) in [6.45, 7) is 4.58. The van der Waals surface area contributed by atoms with Gasteiger partial charge in [0.1, 0.15) is 18.3 Å². The highest BCUT2D eigenvalue weighted by atomic mass is 35.5. The van der Waals surface area contributed by atoms with E-state index in [1.54, 1.807) is 41.5 Å². The average molecular weight is 331 g/mol. The van der Waals surface area contributed by atoms with Crippen molar-refractivity contribution in [3.63, 3.8) is 0 Å². The molecule has 3 aromatic rings. The van der Waals surface area contributed by atoms with Gasteiger partial charge in [-0.25, -0.2) is 0 Å². The van der Waals surface area contributed by atoms with Gasteiger partial charge in [-0.1, -0.05) is 11.6 Å². The highest BCUT2D eigenvalue weighted by Gasteiger charge is 2.18. The number of amides is 1. The quantitative estimate of drug-likeness (QED) is 0.797. The van der Waals surface area contributed by atoms with E-state index in [2.05, 4.69) is 20.6 Å². The number of aromatic nitrogens is 5. The Labute approximate surface area is 137 Å². The minimum atomic E-state index is -0.227. The van der Waals surface area contributed by atoms with Gasteiger partial charge in [-0.15, -0.1) is 10.2 Å². The third kappa shape index (κ3) is 2.95. The van der Waals surface area contributed by atoms with Crippen molar-refractivity contribution in [3.8, 4) is 5.82 Å². The normalized spacial score (nSPS) is 10.7. The number of nitrogens with zero attached hydrogens (tertiary/aromatic N) is 5. The number of carbonyl (C=O) groups excluding carboxylic acids is 1. The van der Waals surface area contributed by atoms with Crippen LogP contribution in [-0.2, 0) is 6.54 Å². The van der Waals surface area contributed by atoms with Crippen molar-refractivity contribution in [2.45, 2.75) is 20.4 Å². The number of aryl methyl sites for hydroxylation is 1. The molecule has 0 aliphatic carbocycles. The zero-order valence-corrected chi connectivity index (χ0v) is 13.4. The molecular formula is C15H15ClN6O. The molecule has 1 N–H and O–H groups in total. The van der Waals surface area contributed by atoms with E-state index in [0.29, 0.717) is 28.6 Å². The van der Waals surface area contributed by atoms with Crippen LogP contribution < -0.4 is 5.32 Å². The molecule has 1 amide bonds. The summed E-state index contributed by atoms with van der Waals surface area (Å²) in [5.41, 5.74) is 2.01. The van der Waals surface area contributed by atoms with Gasteiger partial charge in [0, 0.05) is 17.1 Å². The number of carbonyl (C=O) groups is 1. The third-order valence-electron chi connectivity index (χ3n) is 3.50. The topological polar surface area (TPSA) is 77.6 Å². The van der Waals surface area contributed by atoms with E-state index >= 15 is 0 Å². The fraction of sp³-hybridized carbons (Fsp3) is 0.200. The minimum Gasteiger partial charge on any atom is -0.317 e. The first-order chi connectivity index (χ1) is 11.1. The monoisotopic (exact) mass is 330 g/mol. The van der Waals surface area contributed by atoms with Crippen LogP contribution in [0.5, 0.6) is 0 Å². The maximum atomic E-state index is 12.5. The van der Waals surface area contributed by atoms with Gasteiger partial charge in [-0.05, 0) is 38.1 Å². The molecule has 0 saturated heterocycles. The van der Waals surface area contributed by atoms with E-state index in [1.165, 1.54) is 0 Å². The molecule has 0 saturated carbocycles. The molecule has 0 spiro atoms. The van der Waals surface area contributed by atoms with Gasteiger partial charge in [-0.2, -0.15) is 5.10 Å². The van der Waals surface area contributed by atoms with Crippen molar-refractivity contribution in [1.29, 1.82) is 0 Å². The molecule has 2 aromatic heterocycles. The van der Waals surface area contributed by atoms with E-state index in [4.69, 9.17) is 11.6 Å². The van der Waals surface area contributed by atoms with E-state index in [1.807, 2.05) is 18.5 Å². The molecule has 0 bridgehead atoms. The maximum absolute atomic E-state index is 12.5. The van der Waals surface area contributed by atoms with Gasteiger partial charge in [0.05, 0.1) is 5.69 Å². The molecule has 8 heteroatoms. The van der Waals surface area contributed by atoms with Crippen LogP contribution in [0, 0.1) is 6.92 Å². The lowest BCUT2D eigenvalue weighted by molar-refractivity contribution is 0.102. The average Bonchev–Trinajstić information content (AvgIpc) is 3.17. The number of anilines is 1. The smallest absolute Gasteiger partial charge is 0.255 e. The summed E-state index contributed by atoms with van der Waals surface area (Å²) in [6.07, 6.45) is 3.08. The second kappa shape index (κ2) is 6.21. The van der Waals surface area contributed by atoms with Crippen LogP contribution in [0.4, 0.5) is 5.69 Å². The maximum Gasteiger partial charge on any atom is 0.255 e. The summed E-state index contributed by atoms with van der Waals surface area (Å²) >= 11 is 5.85. The highest BCUT2D eigenvalue weighted by molar-refractivity contribution is 6.30. The molecule has 0 aliphatic heterocycles. The summed E-state index contributed by atoms with van der Waals surface area (Å²) in [4.78, 5) is 12.5. The Hall–Kier alpha value is -2.67. The second-order valence-corrected chi connectivity index (χ2v) is 5.37. The van der Waals surface area contributed by atoms with Crippen molar-refractivity contribution in [1.82, 2.24) is 24.5 Å². The van der Waals surface area contributed by atoms with Crippen molar-refractivity contribution in [2.24, 2.45) is 0 Å². The standard InChI is InChI=1S/C15H15ClN6O/c1-3-22-10(2)13(14(20-22)21-8-17-18-9-21)19-15(23)11-4-6-12(16)7-5-11/h4-9H,3H2,1-2H3,(H,19,23). The highest BCUT2D eigenvalue weighted by Crippen LogP contribution is 2.24. The first-order valence-electron chi connectivity index (χ1n) is 7.09. The molecule has 1 aromatic carbocycles. The van der Waals surface area contributed by atoms with Gasteiger partial charge in [0.25, 0.3) is 5.91 Å². The minimum absolute atomic E-state index is 0.227. The Morgan fingerprint density at radius 2 is 1.87 bits per heavy atom. The van der Waals surface area contributed by atoms with Gasteiger partial charge >= 0.3 is 0 Å². The Bertz CT molecular complexity index is 823. The fourth-order valence-electron chi connectivity index (χ4n) is 2.26. The third-order valence-corrected chi connectivity index (χ3v) is 3.75. The first kappa shape index (κ1) is 15.2. The Kier molecular flexibility index (Phi) is 4.12. The summed E-state index contributed by atoms with van der Waals surface area (Å²) in [6, 6.07) is 6.71. The Morgan fingerprint density at radius 1 is 1.22 bits per heavy atom. The molecule has 0 aliphatic rings.